The first-order chi connectivity index (χ1) is 8.84. The van der Waals surface area contributed by atoms with Gasteiger partial charge in [0.15, 0.2) is 0 Å². The third kappa shape index (κ3) is 4.61. The summed E-state index contributed by atoms with van der Waals surface area (Å²) in [4.78, 5) is 22.7. The van der Waals surface area contributed by atoms with Gasteiger partial charge in [0.25, 0.3) is 0 Å². The van der Waals surface area contributed by atoms with Crippen LogP contribution in [0.15, 0.2) is 30.3 Å². The molecule has 0 saturated carbocycles. The molecule has 1 rings (SSSR count). The summed E-state index contributed by atoms with van der Waals surface area (Å²) in [6.07, 6.45) is -5.02. The maximum atomic E-state index is 12.4. The van der Waals surface area contributed by atoms with E-state index in [1.807, 2.05) is 0 Å². The van der Waals surface area contributed by atoms with Crippen LogP contribution in [0.25, 0.3) is 0 Å². The fourth-order valence-corrected chi connectivity index (χ4v) is 1.40. The van der Waals surface area contributed by atoms with Crippen molar-refractivity contribution in [3.05, 3.63) is 35.9 Å². The predicted molar refractivity (Wildman–Crippen MR) is 59.9 cm³/mol. The van der Waals surface area contributed by atoms with Crippen LogP contribution in [0.5, 0.6) is 0 Å². The minimum absolute atomic E-state index is 0.311. The number of hydrogen-bond donors (Lipinski definition) is 0. The number of hydrogen-bond acceptors (Lipinski definition) is 3. The summed E-state index contributed by atoms with van der Waals surface area (Å²) in [6, 6.07) is 8.08. The molecule has 0 bridgehead atoms. The Morgan fingerprint density at radius 2 is 1.79 bits per heavy atom. The van der Waals surface area contributed by atoms with Crippen molar-refractivity contribution in [2.45, 2.75) is 12.7 Å². The van der Waals surface area contributed by atoms with Crippen molar-refractivity contribution in [3.63, 3.8) is 0 Å². The van der Waals surface area contributed by atoms with Crippen LogP contribution < -0.4 is 0 Å². The van der Waals surface area contributed by atoms with Crippen LogP contribution >= 0.6 is 0 Å². The lowest BCUT2D eigenvalue weighted by Gasteiger charge is -2.22. The van der Waals surface area contributed by atoms with Gasteiger partial charge in [-0.25, -0.2) is 0 Å². The quantitative estimate of drug-likeness (QED) is 0.786. The molecule has 1 amide bonds. The van der Waals surface area contributed by atoms with E-state index in [0.717, 1.165) is 7.11 Å². The Morgan fingerprint density at radius 3 is 2.26 bits per heavy atom. The third-order valence-electron chi connectivity index (χ3n) is 2.29. The highest BCUT2D eigenvalue weighted by Crippen LogP contribution is 2.20. The highest BCUT2D eigenvalue weighted by Gasteiger charge is 2.43. The molecular formula is C12H12F3NO3. The van der Waals surface area contributed by atoms with Gasteiger partial charge in [-0.15, -0.1) is 0 Å². The van der Waals surface area contributed by atoms with E-state index in [4.69, 9.17) is 0 Å². The van der Waals surface area contributed by atoms with Gasteiger partial charge in [0.1, 0.15) is 6.54 Å². The second-order valence-electron chi connectivity index (χ2n) is 3.72. The van der Waals surface area contributed by atoms with E-state index in [9.17, 15) is 22.8 Å². The van der Waals surface area contributed by atoms with Crippen molar-refractivity contribution in [1.82, 2.24) is 4.90 Å². The van der Waals surface area contributed by atoms with E-state index in [2.05, 4.69) is 4.74 Å². The Labute approximate surface area is 107 Å². The number of esters is 1. The molecular weight excluding hydrogens is 263 g/mol. The number of alkyl halides is 3. The molecule has 0 saturated heterocycles. The Hall–Kier alpha value is -2.05. The second-order valence-corrected chi connectivity index (χ2v) is 3.72. The maximum Gasteiger partial charge on any atom is 0.471 e. The molecule has 0 aliphatic carbocycles. The molecule has 0 aliphatic rings. The zero-order valence-corrected chi connectivity index (χ0v) is 10.1. The lowest BCUT2D eigenvalue weighted by molar-refractivity contribution is -0.187. The maximum absolute atomic E-state index is 12.4. The van der Waals surface area contributed by atoms with Crippen molar-refractivity contribution in [1.29, 1.82) is 0 Å². The van der Waals surface area contributed by atoms with Crippen LogP contribution in [0, 0.1) is 0 Å². The average Bonchev–Trinajstić information content (AvgIpc) is 2.37. The van der Waals surface area contributed by atoms with Gasteiger partial charge in [0, 0.05) is 6.54 Å². The molecule has 7 heteroatoms. The van der Waals surface area contributed by atoms with Crippen molar-refractivity contribution < 1.29 is 27.5 Å². The number of amides is 1. The molecule has 0 aliphatic heterocycles. The zero-order chi connectivity index (χ0) is 14.5. The summed E-state index contributed by atoms with van der Waals surface area (Å²) >= 11 is 0. The normalized spacial score (nSPS) is 10.9. The first kappa shape index (κ1) is 15.0. The molecule has 4 nitrogen and oxygen atoms in total. The van der Waals surface area contributed by atoms with Crippen molar-refractivity contribution in [2.24, 2.45) is 0 Å². The number of nitrogens with zero attached hydrogens (tertiary/aromatic N) is 1. The van der Waals surface area contributed by atoms with Gasteiger partial charge in [-0.1, -0.05) is 30.3 Å². The number of methoxy groups -OCH3 is 1. The Kier molecular flexibility index (Phi) is 4.91. The van der Waals surface area contributed by atoms with Crippen LogP contribution in [0.3, 0.4) is 0 Å². The molecule has 0 unspecified atom stereocenters. The number of halogens is 3. The summed E-state index contributed by atoms with van der Waals surface area (Å²) in [5.41, 5.74) is 0.490. The minimum atomic E-state index is -5.02. The van der Waals surface area contributed by atoms with Gasteiger partial charge in [-0.3, -0.25) is 9.59 Å². The molecule has 19 heavy (non-hydrogen) atoms. The summed E-state index contributed by atoms with van der Waals surface area (Å²) in [5, 5.41) is 0. The number of carbonyl (C=O) groups is 2. The van der Waals surface area contributed by atoms with Crippen LogP contribution in [0.1, 0.15) is 5.56 Å². The Bertz CT molecular complexity index is 445. The van der Waals surface area contributed by atoms with Gasteiger partial charge in [-0.2, -0.15) is 13.2 Å². The van der Waals surface area contributed by atoms with E-state index in [-0.39, 0.29) is 6.54 Å². The lowest BCUT2D eigenvalue weighted by atomic mass is 10.2. The molecule has 0 aromatic heterocycles. The predicted octanol–water partition coefficient (Wildman–Crippen LogP) is 1.75. The second kappa shape index (κ2) is 6.21. The molecule has 1 aromatic rings. The SMILES string of the molecule is COC(=O)CN(Cc1ccccc1)C(=O)C(F)(F)F. The number of ether oxygens (including phenoxy) is 1. The van der Waals surface area contributed by atoms with Crippen LogP contribution in [-0.2, 0) is 20.9 Å². The fraction of sp³-hybridized carbons (Fsp3) is 0.333. The number of benzene rings is 1. The largest absolute Gasteiger partial charge is 0.471 e. The molecule has 0 spiro atoms. The van der Waals surface area contributed by atoms with Gasteiger partial charge in [-0.05, 0) is 5.56 Å². The number of carbonyl (C=O) groups excluding carboxylic acids is 2. The van der Waals surface area contributed by atoms with Crippen molar-refractivity contribution in [3.8, 4) is 0 Å². The smallest absolute Gasteiger partial charge is 0.468 e. The highest BCUT2D eigenvalue weighted by molar-refractivity contribution is 5.85. The van der Waals surface area contributed by atoms with Crippen molar-refractivity contribution in [2.75, 3.05) is 13.7 Å². The average molecular weight is 275 g/mol. The molecule has 104 valence electrons. The fourth-order valence-electron chi connectivity index (χ4n) is 1.40. The van der Waals surface area contributed by atoms with Gasteiger partial charge in [0.05, 0.1) is 7.11 Å². The highest BCUT2D eigenvalue weighted by atomic mass is 19.4. The molecule has 0 heterocycles. The summed E-state index contributed by atoms with van der Waals surface area (Å²) < 4.78 is 41.5. The molecule has 0 atom stereocenters. The van der Waals surface area contributed by atoms with Gasteiger partial charge >= 0.3 is 18.1 Å². The third-order valence-corrected chi connectivity index (χ3v) is 2.29. The summed E-state index contributed by atoms with van der Waals surface area (Å²) in [6.45, 7) is -1.06. The van der Waals surface area contributed by atoms with Crippen molar-refractivity contribution >= 4 is 11.9 Å². The lowest BCUT2D eigenvalue weighted by Crippen LogP contribution is -2.43. The minimum Gasteiger partial charge on any atom is -0.468 e. The van der Waals surface area contributed by atoms with E-state index >= 15 is 0 Å². The monoisotopic (exact) mass is 275 g/mol. The van der Waals surface area contributed by atoms with E-state index < -0.39 is 24.6 Å². The summed E-state index contributed by atoms with van der Waals surface area (Å²) in [7, 11) is 1.04. The standard InChI is InChI=1S/C12H12F3NO3/c1-19-10(17)8-16(11(18)12(13,14)15)7-9-5-3-2-4-6-9/h2-6H,7-8H2,1H3. The zero-order valence-electron chi connectivity index (χ0n) is 10.1. The molecule has 1 aromatic carbocycles. The summed E-state index contributed by atoms with van der Waals surface area (Å²) in [5.74, 6) is -2.98. The van der Waals surface area contributed by atoms with Crippen LogP contribution in [0.4, 0.5) is 13.2 Å². The topological polar surface area (TPSA) is 46.6 Å². The van der Waals surface area contributed by atoms with Gasteiger partial charge in [0.2, 0.25) is 0 Å². The molecule has 0 radical (unpaired) electrons. The number of rotatable bonds is 4. The van der Waals surface area contributed by atoms with Gasteiger partial charge < -0.3 is 9.64 Å². The Morgan fingerprint density at radius 1 is 1.21 bits per heavy atom. The molecule has 0 fully saturated rings. The molecule has 0 N–H and O–H groups in total. The van der Waals surface area contributed by atoms with Crippen LogP contribution in [0.2, 0.25) is 0 Å². The first-order valence-corrected chi connectivity index (χ1v) is 5.31. The van der Waals surface area contributed by atoms with Crippen LogP contribution in [-0.4, -0.2) is 36.6 Å². The first-order valence-electron chi connectivity index (χ1n) is 5.31. The van der Waals surface area contributed by atoms with E-state index in [1.54, 1.807) is 30.3 Å². The van der Waals surface area contributed by atoms with E-state index in [0.29, 0.717) is 10.5 Å². The van der Waals surface area contributed by atoms with E-state index in [1.165, 1.54) is 0 Å². The Balaban J connectivity index is 2.87.